The average molecular weight is 551 g/mol. The van der Waals surface area contributed by atoms with Crippen molar-refractivity contribution in [3.63, 3.8) is 0 Å². The van der Waals surface area contributed by atoms with E-state index in [4.69, 9.17) is 9.84 Å². The zero-order chi connectivity index (χ0) is 28.6. The highest BCUT2D eigenvalue weighted by molar-refractivity contribution is 5.95. The summed E-state index contributed by atoms with van der Waals surface area (Å²) in [5.41, 5.74) is 4.65. The van der Waals surface area contributed by atoms with Gasteiger partial charge in [-0.05, 0) is 93.2 Å². The fourth-order valence-corrected chi connectivity index (χ4v) is 5.44. The predicted molar refractivity (Wildman–Crippen MR) is 161 cm³/mol. The zero-order valence-electron chi connectivity index (χ0n) is 25.0. The van der Waals surface area contributed by atoms with E-state index in [0.717, 1.165) is 92.8 Å². The molecule has 2 aromatic heterocycles. The van der Waals surface area contributed by atoms with Crippen molar-refractivity contribution in [3.8, 4) is 17.0 Å². The molecule has 40 heavy (non-hydrogen) atoms. The summed E-state index contributed by atoms with van der Waals surface area (Å²) in [6.07, 6.45) is 7.28. The van der Waals surface area contributed by atoms with Crippen LogP contribution in [0.4, 0.5) is 4.39 Å². The van der Waals surface area contributed by atoms with Gasteiger partial charge in [-0.15, -0.1) is 0 Å². The molecule has 1 aliphatic rings. The van der Waals surface area contributed by atoms with Gasteiger partial charge in [0.1, 0.15) is 5.75 Å². The number of methoxy groups -OCH3 is 1. The number of aromatic nitrogens is 2. The summed E-state index contributed by atoms with van der Waals surface area (Å²) in [4.78, 5) is 17.8. The monoisotopic (exact) mass is 550 g/mol. The van der Waals surface area contributed by atoms with Crippen molar-refractivity contribution in [3.05, 3.63) is 53.7 Å². The molecule has 1 atom stereocenters. The molecule has 0 saturated carbocycles. The van der Waals surface area contributed by atoms with Gasteiger partial charge in [-0.2, -0.15) is 5.10 Å². The molecule has 7 heteroatoms. The molecule has 0 N–H and O–H groups in total. The second-order valence-electron chi connectivity index (χ2n) is 12.0. The Labute approximate surface area is 239 Å². The Kier molecular flexibility index (Phi) is 10.6. The average Bonchev–Trinajstić information content (AvgIpc) is 3.31. The first-order valence-electron chi connectivity index (χ1n) is 15.1. The van der Waals surface area contributed by atoms with Crippen molar-refractivity contribution in [2.75, 3.05) is 33.3 Å². The topological polar surface area (TPSA) is 50.1 Å². The maximum atomic E-state index is 14.5. The van der Waals surface area contributed by atoms with Crippen LogP contribution in [-0.4, -0.2) is 64.9 Å². The molecule has 1 amide bonds. The second-order valence-corrected chi connectivity index (χ2v) is 12.0. The number of benzene rings is 1. The number of likely N-dealkylation sites (tertiary alicyclic amines) is 1. The quantitative estimate of drug-likeness (QED) is 0.210. The minimum atomic E-state index is -0.842. The number of alkyl halides is 1. The van der Waals surface area contributed by atoms with Crippen LogP contribution >= 0.6 is 0 Å². The second kappa shape index (κ2) is 14.1. The number of fused-ring (bicyclic) bond motifs is 1. The lowest BCUT2D eigenvalue weighted by Gasteiger charge is -2.30. The minimum Gasteiger partial charge on any atom is -0.497 e. The van der Waals surface area contributed by atoms with Crippen LogP contribution in [0.5, 0.6) is 5.75 Å². The largest absolute Gasteiger partial charge is 0.497 e. The van der Waals surface area contributed by atoms with Crippen LogP contribution in [-0.2, 0) is 6.42 Å². The van der Waals surface area contributed by atoms with Gasteiger partial charge in [0.2, 0.25) is 0 Å². The molecule has 0 radical (unpaired) electrons. The third kappa shape index (κ3) is 7.62. The minimum absolute atomic E-state index is 0.0792. The van der Waals surface area contributed by atoms with E-state index in [1.165, 1.54) is 0 Å². The Balaban J connectivity index is 1.65. The number of nitrogens with zero attached hydrogens (tertiary/aromatic N) is 4. The number of piperidine rings is 1. The van der Waals surface area contributed by atoms with Gasteiger partial charge in [0.15, 0.2) is 6.30 Å². The molecule has 1 unspecified atom stereocenters. The fraction of sp³-hybridized carbons (Fsp3) is 0.576. The third-order valence-corrected chi connectivity index (χ3v) is 7.99. The first kappa shape index (κ1) is 30.0. The number of rotatable bonds is 13. The molecule has 3 heterocycles. The summed E-state index contributed by atoms with van der Waals surface area (Å²) in [6, 6.07) is 11.8. The number of hydrogen-bond donors (Lipinski definition) is 0. The highest BCUT2D eigenvalue weighted by Crippen LogP contribution is 2.30. The highest BCUT2D eigenvalue weighted by Gasteiger charge is 2.23. The summed E-state index contributed by atoms with van der Waals surface area (Å²) in [7, 11) is 1.66. The van der Waals surface area contributed by atoms with E-state index < -0.39 is 6.30 Å². The van der Waals surface area contributed by atoms with Crippen LogP contribution in [0.2, 0.25) is 0 Å². The summed E-state index contributed by atoms with van der Waals surface area (Å²) in [6.45, 7) is 11.9. The predicted octanol–water partition coefficient (Wildman–Crippen LogP) is 7.26. The standard InChI is InChI=1S/C33H47FN4O2/c1-24(2)15-20-37(21-16-25(3)4)33(39)27-17-22-38-30(23-27)29(9-8-19-36-18-7-6-10-31(36)34)32(35-38)26-11-13-28(40-5)14-12-26/h11-14,17,22-25,31H,6-10,15-16,18-21H2,1-5H3. The molecule has 3 aromatic rings. The van der Waals surface area contributed by atoms with E-state index in [-0.39, 0.29) is 5.91 Å². The van der Waals surface area contributed by atoms with Gasteiger partial charge in [0.25, 0.3) is 5.91 Å². The molecule has 1 aliphatic heterocycles. The van der Waals surface area contributed by atoms with Crippen molar-refractivity contribution in [2.24, 2.45) is 11.8 Å². The fourth-order valence-electron chi connectivity index (χ4n) is 5.44. The number of pyridine rings is 1. The molecule has 6 nitrogen and oxygen atoms in total. The maximum absolute atomic E-state index is 14.5. The molecule has 1 saturated heterocycles. The van der Waals surface area contributed by atoms with E-state index in [1.807, 2.05) is 56.9 Å². The smallest absolute Gasteiger partial charge is 0.253 e. The first-order chi connectivity index (χ1) is 19.3. The van der Waals surface area contributed by atoms with Gasteiger partial charge in [-0.25, -0.2) is 8.91 Å². The number of amides is 1. The summed E-state index contributed by atoms with van der Waals surface area (Å²) in [5, 5.41) is 4.95. The highest BCUT2D eigenvalue weighted by atomic mass is 19.1. The Morgan fingerprint density at radius 2 is 1.77 bits per heavy atom. The first-order valence-corrected chi connectivity index (χ1v) is 15.1. The van der Waals surface area contributed by atoms with Gasteiger partial charge in [-0.1, -0.05) is 27.7 Å². The van der Waals surface area contributed by atoms with Crippen LogP contribution in [0.3, 0.4) is 0 Å². The maximum Gasteiger partial charge on any atom is 0.253 e. The lowest BCUT2D eigenvalue weighted by Crippen LogP contribution is -2.37. The van der Waals surface area contributed by atoms with Crippen molar-refractivity contribution in [1.82, 2.24) is 19.4 Å². The van der Waals surface area contributed by atoms with Crippen molar-refractivity contribution < 1.29 is 13.9 Å². The Morgan fingerprint density at radius 1 is 1.07 bits per heavy atom. The van der Waals surface area contributed by atoms with Gasteiger partial charge < -0.3 is 9.64 Å². The molecular weight excluding hydrogens is 503 g/mol. The van der Waals surface area contributed by atoms with E-state index in [0.29, 0.717) is 23.8 Å². The van der Waals surface area contributed by atoms with Crippen molar-refractivity contribution in [1.29, 1.82) is 0 Å². The molecule has 1 fully saturated rings. The third-order valence-electron chi connectivity index (χ3n) is 7.99. The Morgan fingerprint density at radius 3 is 2.40 bits per heavy atom. The normalized spacial score (nSPS) is 16.2. The van der Waals surface area contributed by atoms with Gasteiger partial charge >= 0.3 is 0 Å². The van der Waals surface area contributed by atoms with Crippen LogP contribution < -0.4 is 4.74 Å². The van der Waals surface area contributed by atoms with E-state index in [9.17, 15) is 9.18 Å². The SMILES string of the molecule is COc1ccc(-c2nn3ccc(C(=O)N(CCC(C)C)CCC(C)C)cc3c2CCCN2CCCCC2F)cc1. The molecule has 0 spiro atoms. The lowest BCUT2D eigenvalue weighted by molar-refractivity contribution is 0.0459. The van der Waals surface area contributed by atoms with E-state index in [1.54, 1.807) is 7.11 Å². The Bertz CT molecular complexity index is 1230. The van der Waals surface area contributed by atoms with Crippen molar-refractivity contribution >= 4 is 11.4 Å². The van der Waals surface area contributed by atoms with Gasteiger partial charge in [-0.3, -0.25) is 9.69 Å². The molecule has 1 aromatic carbocycles. The Hall–Kier alpha value is -2.93. The van der Waals surface area contributed by atoms with E-state index in [2.05, 4.69) is 27.7 Å². The molecule has 218 valence electrons. The molecule has 0 aliphatic carbocycles. The lowest BCUT2D eigenvalue weighted by atomic mass is 10.0. The summed E-state index contributed by atoms with van der Waals surface area (Å²) in [5.74, 6) is 1.95. The summed E-state index contributed by atoms with van der Waals surface area (Å²) < 4.78 is 21.7. The number of halogens is 1. The van der Waals surface area contributed by atoms with Gasteiger partial charge in [0, 0.05) is 49.1 Å². The van der Waals surface area contributed by atoms with Crippen LogP contribution in [0.15, 0.2) is 42.6 Å². The number of carbonyl (C=O) groups excluding carboxylic acids is 1. The van der Waals surface area contributed by atoms with Crippen LogP contribution in [0.25, 0.3) is 16.8 Å². The van der Waals surface area contributed by atoms with Crippen LogP contribution in [0, 0.1) is 11.8 Å². The molecule has 0 bridgehead atoms. The molecular formula is C33H47FN4O2. The number of aryl methyl sites for hydroxylation is 1. The van der Waals surface area contributed by atoms with Gasteiger partial charge in [0.05, 0.1) is 18.3 Å². The molecule has 4 rings (SSSR count). The van der Waals surface area contributed by atoms with Crippen LogP contribution in [0.1, 0.15) is 82.1 Å². The van der Waals surface area contributed by atoms with Crippen molar-refractivity contribution in [2.45, 2.75) is 78.9 Å². The number of carbonyl (C=O) groups is 1. The number of ether oxygens (including phenoxy) is 1. The zero-order valence-corrected chi connectivity index (χ0v) is 25.0. The summed E-state index contributed by atoms with van der Waals surface area (Å²) >= 11 is 0. The number of hydrogen-bond acceptors (Lipinski definition) is 4. The van der Waals surface area contributed by atoms with E-state index >= 15 is 0 Å².